The Bertz CT molecular complexity index is 1200. The van der Waals surface area contributed by atoms with Gasteiger partial charge in [-0.3, -0.25) is 4.57 Å². The molecule has 0 aliphatic carbocycles. The lowest BCUT2D eigenvalue weighted by Crippen LogP contribution is -2.31. The number of aromatic nitrogens is 3. The van der Waals surface area contributed by atoms with E-state index in [1.54, 1.807) is 0 Å². The van der Waals surface area contributed by atoms with Crippen molar-refractivity contribution in [1.82, 2.24) is 9.55 Å². The van der Waals surface area contributed by atoms with E-state index >= 15 is 0 Å². The van der Waals surface area contributed by atoms with Crippen molar-refractivity contribution in [2.45, 2.75) is 33.1 Å². The van der Waals surface area contributed by atoms with Crippen LogP contribution >= 0.6 is 0 Å². The van der Waals surface area contributed by atoms with Crippen LogP contribution in [0.2, 0.25) is 0 Å². The highest BCUT2D eigenvalue weighted by atomic mass is 15.1. The minimum atomic E-state index is 0.515. The molecule has 2 aromatic heterocycles. The van der Waals surface area contributed by atoms with E-state index in [4.69, 9.17) is 4.98 Å². The molecule has 1 aliphatic heterocycles. The fourth-order valence-electron chi connectivity index (χ4n) is 4.31. The van der Waals surface area contributed by atoms with E-state index in [1.807, 2.05) is 0 Å². The Kier molecular flexibility index (Phi) is 3.48. The summed E-state index contributed by atoms with van der Waals surface area (Å²) in [6.45, 7) is 6.73. The summed E-state index contributed by atoms with van der Waals surface area (Å²) in [5.74, 6) is 1.65. The van der Waals surface area contributed by atoms with Gasteiger partial charge < -0.3 is 0 Å². The van der Waals surface area contributed by atoms with Crippen molar-refractivity contribution in [3.63, 3.8) is 0 Å². The molecule has 4 aromatic rings. The number of para-hydroxylation sites is 2. The molecule has 0 saturated heterocycles. The molecule has 3 nitrogen and oxygen atoms in total. The Labute approximate surface area is 159 Å². The average Bonchev–Trinajstić information content (AvgIpc) is 3.18. The Morgan fingerprint density at radius 1 is 1.07 bits per heavy atom. The van der Waals surface area contributed by atoms with Gasteiger partial charge in [0.05, 0.1) is 22.3 Å². The molecule has 0 fully saturated rings. The van der Waals surface area contributed by atoms with Crippen LogP contribution in [-0.2, 0) is 13.5 Å². The number of hydrogen-bond donors (Lipinski definition) is 0. The second kappa shape index (κ2) is 5.78. The number of pyridine rings is 1. The quantitative estimate of drug-likeness (QED) is 0.415. The molecule has 27 heavy (non-hydrogen) atoms. The fraction of sp³-hybridized carbons (Fsp3) is 0.250. The third-order valence-electron chi connectivity index (χ3n) is 5.80. The van der Waals surface area contributed by atoms with Gasteiger partial charge in [0.25, 0.3) is 0 Å². The van der Waals surface area contributed by atoms with E-state index in [9.17, 15) is 0 Å². The van der Waals surface area contributed by atoms with Crippen LogP contribution in [0.4, 0.5) is 0 Å². The molecule has 0 spiro atoms. The zero-order chi connectivity index (χ0) is 18.7. The SMILES string of the molecule is Cc1ccc2c(c1-c1cc(C(C)C)cc[n+]1C)Cc1nc3ccccc3n1-2. The minimum Gasteiger partial charge on any atom is -0.296 e. The maximum absolute atomic E-state index is 4.90. The topological polar surface area (TPSA) is 21.7 Å². The van der Waals surface area contributed by atoms with E-state index in [-0.39, 0.29) is 0 Å². The number of imidazole rings is 1. The summed E-state index contributed by atoms with van der Waals surface area (Å²) in [5, 5.41) is 0. The van der Waals surface area contributed by atoms with Crippen molar-refractivity contribution < 1.29 is 4.57 Å². The summed E-state index contributed by atoms with van der Waals surface area (Å²) in [4.78, 5) is 4.90. The minimum absolute atomic E-state index is 0.515. The molecule has 0 N–H and O–H groups in total. The summed E-state index contributed by atoms with van der Waals surface area (Å²) in [5.41, 5.74) is 10.3. The summed E-state index contributed by atoms with van der Waals surface area (Å²) in [6, 6.07) is 17.5. The summed E-state index contributed by atoms with van der Waals surface area (Å²) >= 11 is 0. The largest absolute Gasteiger partial charge is 0.296 e. The van der Waals surface area contributed by atoms with E-state index < -0.39 is 0 Å². The van der Waals surface area contributed by atoms with Crippen LogP contribution in [0.3, 0.4) is 0 Å². The molecule has 0 bridgehead atoms. The van der Waals surface area contributed by atoms with Gasteiger partial charge in [-0.1, -0.05) is 32.0 Å². The Hall–Kier alpha value is -2.94. The third kappa shape index (κ3) is 2.34. The lowest BCUT2D eigenvalue weighted by atomic mass is 9.93. The molecule has 0 amide bonds. The van der Waals surface area contributed by atoms with Crippen LogP contribution in [0.5, 0.6) is 0 Å². The number of benzene rings is 2. The summed E-state index contributed by atoms with van der Waals surface area (Å²) in [6.07, 6.45) is 3.07. The molecule has 0 radical (unpaired) electrons. The maximum Gasteiger partial charge on any atom is 0.213 e. The monoisotopic (exact) mass is 354 g/mol. The van der Waals surface area contributed by atoms with Crippen LogP contribution < -0.4 is 4.57 Å². The van der Waals surface area contributed by atoms with Gasteiger partial charge in [0, 0.05) is 18.6 Å². The van der Waals surface area contributed by atoms with Crippen molar-refractivity contribution in [2.24, 2.45) is 7.05 Å². The van der Waals surface area contributed by atoms with Crippen LogP contribution in [0.25, 0.3) is 28.0 Å². The standard InChI is InChI=1S/C24H24N3/c1-15(2)17-11-12-26(4)22(13-17)24-16(3)9-10-20-18(24)14-23-25-19-7-5-6-8-21(19)27(20)23/h5-13,15H,14H2,1-4H3/q+1. The molecule has 1 aliphatic rings. The predicted octanol–water partition coefficient (Wildman–Crippen LogP) is 4.85. The molecule has 0 saturated carbocycles. The maximum atomic E-state index is 4.90. The Balaban J connectivity index is 1.78. The van der Waals surface area contributed by atoms with Crippen molar-refractivity contribution >= 4 is 11.0 Å². The van der Waals surface area contributed by atoms with Gasteiger partial charge in [-0.15, -0.1) is 0 Å². The number of aryl methyl sites for hydroxylation is 2. The van der Waals surface area contributed by atoms with E-state index in [1.165, 1.54) is 39.2 Å². The summed E-state index contributed by atoms with van der Waals surface area (Å²) < 4.78 is 4.58. The van der Waals surface area contributed by atoms with E-state index in [0.29, 0.717) is 5.92 Å². The number of fused-ring (bicyclic) bond motifs is 5. The first-order chi connectivity index (χ1) is 13.0. The van der Waals surface area contributed by atoms with Crippen LogP contribution in [0, 0.1) is 6.92 Å². The molecular weight excluding hydrogens is 330 g/mol. The number of hydrogen-bond acceptors (Lipinski definition) is 1. The van der Waals surface area contributed by atoms with E-state index in [0.717, 1.165) is 17.8 Å². The van der Waals surface area contributed by atoms with Gasteiger partial charge in [-0.2, -0.15) is 0 Å². The van der Waals surface area contributed by atoms with Gasteiger partial charge in [0.1, 0.15) is 12.9 Å². The van der Waals surface area contributed by atoms with Crippen molar-refractivity contribution in [3.8, 4) is 16.9 Å². The molecular formula is C24H24N3+. The highest BCUT2D eigenvalue weighted by Crippen LogP contribution is 2.39. The highest BCUT2D eigenvalue weighted by molar-refractivity contribution is 5.83. The smallest absolute Gasteiger partial charge is 0.213 e. The molecule has 0 atom stereocenters. The first-order valence-electron chi connectivity index (χ1n) is 9.63. The lowest BCUT2D eigenvalue weighted by Gasteiger charge is -2.13. The van der Waals surface area contributed by atoms with Crippen molar-refractivity contribution in [2.75, 3.05) is 0 Å². The lowest BCUT2D eigenvalue weighted by molar-refractivity contribution is -0.660. The van der Waals surface area contributed by atoms with Crippen LogP contribution in [0.1, 0.15) is 42.3 Å². The van der Waals surface area contributed by atoms with E-state index in [2.05, 4.69) is 91.7 Å². The third-order valence-corrected chi connectivity index (χ3v) is 5.80. The average molecular weight is 354 g/mol. The molecule has 2 aromatic carbocycles. The molecule has 0 unspecified atom stereocenters. The first-order valence-corrected chi connectivity index (χ1v) is 9.63. The van der Waals surface area contributed by atoms with Gasteiger partial charge in [0.2, 0.25) is 5.69 Å². The van der Waals surface area contributed by atoms with Gasteiger partial charge in [-0.05, 0) is 47.7 Å². The number of nitrogens with zero attached hydrogens (tertiary/aromatic N) is 3. The highest BCUT2D eigenvalue weighted by Gasteiger charge is 2.29. The van der Waals surface area contributed by atoms with Gasteiger partial charge >= 0.3 is 0 Å². The first kappa shape index (κ1) is 16.2. The number of rotatable bonds is 2. The van der Waals surface area contributed by atoms with Crippen molar-refractivity contribution in [3.05, 3.63) is 77.2 Å². The molecule has 134 valence electrons. The zero-order valence-corrected chi connectivity index (χ0v) is 16.3. The predicted molar refractivity (Wildman–Crippen MR) is 109 cm³/mol. The van der Waals surface area contributed by atoms with Crippen LogP contribution in [-0.4, -0.2) is 9.55 Å². The Morgan fingerprint density at radius 2 is 1.89 bits per heavy atom. The van der Waals surface area contributed by atoms with Crippen LogP contribution in [0.15, 0.2) is 54.7 Å². The second-order valence-electron chi connectivity index (χ2n) is 7.89. The second-order valence-corrected chi connectivity index (χ2v) is 7.89. The Morgan fingerprint density at radius 3 is 2.70 bits per heavy atom. The molecule has 5 rings (SSSR count). The normalized spacial score (nSPS) is 12.6. The summed E-state index contributed by atoms with van der Waals surface area (Å²) in [7, 11) is 2.14. The molecule has 3 heteroatoms. The molecule has 3 heterocycles. The van der Waals surface area contributed by atoms with Gasteiger partial charge in [-0.25, -0.2) is 9.55 Å². The zero-order valence-electron chi connectivity index (χ0n) is 16.3. The van der Waals surface area contributed by atoms with Crippen molar-refractivity contribution in [1.29, 1.82) is 0 Å². The van der Waals surface area contributed by atoms with Gasteiger partial charge in [0.15, 0.2) is 6.20 Å². The fourth-order valence-corrected chi connectivity index (χ4v) is 4.31.